The number of carbonyl (C=O) groups excluding carboxylic acids is 1. The van der Waals surface area contributed by atoms with Crippen molar-refractivity contribution in [1.29, 1.82) is 0 Å². The number of rotatable bonds is 5. The van der Waals surface area contributed by atoms with Crippen LogP contribution in [0.15, 0.2) is 18.2 Å². The van der Waals surface area contributed by atoms with Gasteiger partial charge in [0.05, 0.1) is 13.2 Å². The lowest BCUT2D eigenvalue weighted by Crippen LogP contribution is -2.41. The Labute approximate surface area is 114 Å². The molecular weight excluding hydrogens is 242 g/mol. The summed E-state index contributed by atoms with van der Waals surface area (Å²) in [7, 11) is 1.68. The highest BCUT2D eigenvalue weighted by atomic mass is 16.3. The number of hydrogen-bond acceptors (Lipinski definition) is 3. The van der Waals surface area contributed by atoms with E-state index < -0.39 is 5.41 Å². The van der Waals surface area contributed by atoms with E-state index in [0.717, 1.165) is 11.1 Å². The van der Waals surface area contributed by atoms with Gasteiger partial charge in [-0.3, -0.25) is 4.79 Å². The molecule has 1 aromatic rings. The van der Waals surface area contributed by atoms with Crippen LogP contribution in [-0.2, 0) is 0 Å². The van der Waals surface area contributed by atoms with Gasteiger partial charge in [0.2, 0.25) is 0 Å². The first-order valence-corrected chi connectivity index (χ1v) is 6.37. The fourth-order valence-electron chi connectivity index (χ4n) is 2.11. The molecule has 4 nitrogen and oxygen atoms in total. The summed E-state index contributed by atoms with van der Waals surface area (Å²) < 4.78 is 0. The minimum atomic E-state index is -0.677. The zero-order valence-electron chi connectivity index (χ0n) is 12.1. The Bertz CT molecular complexity index is 432. The van der Waals surface area contributed by atoms with Crippen molar-refractivity contribution in [3.05, 3.63) is 34.9 Å². The molecule has 0 fully saturated rings. The lowest BCUT2D eigenvalue weighted by molar-refractivity contribution is 0.0366. The van der Waals surface area contributed by atoms with Crippen LogP contribution in [0.5, 0.6) is 0 Å². The molecule has 19 heavy (non-hydrogen) atoms. The number of carbonyl (C=O) groups is 1. The molecule has 0 aliphatic heterocycles. The molecule has 4 heteroatoms. The molecule has 0 aliphatic carbocycles. The van der Waals surface area contributed by atoms with Crippen molar-refractivity contribution in [3.63, 3.8) is 0 Å². The highest BCUT2D eigenvalue weighted by Gasteiger charge is 2.26. The minimum absolute atomic E-state index is 0.0973. The Morgan fingerprint density at radius 3 is 2.05 bits per heavy atom. The molecule has 0 bridgehead atoms. The molecule has 0 saturated heterocycles. The average molecular weight is 265 g/mol. The van der Waals surface area contributed by atoms with Gasteiger partial charge in [0.25, 0.3) is 5.91 Å². The van der Waals surface area contributed by atoms with Crippen LogP contribution in [0, 0.1) is 19.3 Å². The van der Waals surface area contributed by atoms with Crippen LogP contribution in [-0.4, -0.2) is 47.8 Å². The van der Waals surface area contributed by atoms with E-state index in [0.29, 0.717) is 12.1 Å². The number of hydrogen-bond donors (Lipinski definition) is 2. The average Bonchev–Trinajstić information content (AvgIpc) is 2.36. The quantitative estimate of drug-likeness (QED) is 0.845. The number of aliphatic hydroxyl groups excluding tert-OH is 2. The summed E-state index contributed by atoms with van der Waals surface area (Å²) in [5, 5.41) is 18.6. The molecule has 0 aliphatic rings. The van der Waals surface area contributed by atoms with Crippen molar-refractivity contribution in [2.75, 3.05) is 26.8 Å². The van der Waals surface area contributed by atoms with E-state index in [1.165, 1.54) is 0 Å². The topological polar surface area (TPSA) is 60.8 Å². The van der Waals surface area contributed by atoms with Gasteiger partial charge >= 0.3 is 0 Å². The highest BCUT2D eigenvalue weighted by molar-refractivity contribution is 5.94. The van der Waals surface area contributed by atoms with Crippen LogP contribution in [0.3, 0.4) is 0 Å². The summed E-state index contributed by atoms with van der Waals surface area (Å²) in [6, 6.07) is 5.71. The lowest BCUT2D eigenvalue weighted by Gasteiger charge is -2.30. The SMILES string of the molecule is Cc1cc(C)cc(C(=O)N(C)CC(C)(CO)CO)c1. The molecule has 0 radical (unpaired) electrons. The Balaban J connectivity index is 2.88. The second-order valence-corrected chi connectivity index (χ2v) is 5.66. The summed E-state index contributed by atoms with van der Waals surface area (Å²) in [4.78, 5) is 13.9. The number of amides is 1. The first-order chi connectivity index (χ1) is 8.81. The van der Waals surface area contributed by atoms with Crippen LogP contribution >= 0.6 is 0 Å². The van der Waals surface area contributed by atoms with E-state index in [1.54, 1.807) is 18.9 Å². The van der Waals surface area contributed by atoms with Gasteiger partial charge in [0.1, 0.15) is 0 Å². The molecule has 0 heterocycles. The number of nitrogens with zero attached hydrogens (tertiary/aromatic N) is 1. The van der Waals surface area contributed by atoms with E-state index in [4.69, 9.17) is 0 Å². The summed E-state index contributed by atoms with van der Waals surface area (Å²) in [5.41, 5.74) is 2.05. The van der Waals surface area contributed by atoms with Gasteiger partial charge in [-0.05, 0) is 26.0 Å². The van der Waals surface area contributed by atoms with Crippen LogP contribution in [0.2, 0.25) is 0 Å². The Morgan fingerprint density at radius 2 is 1.63 bits per heavy atom. The number of aryl methyl sites for hydroxylation is 2. The maximum atomic E-state index is 12.3. The van der Waals surface area contributed by atoms with Gasteiger partial charge in [-0.1, -0.05) is 24.1 Å². The van der Waals surface area contributed by atoms with Gasteiger partial charge in [-0.2, -0.15) is 0 Å². The maximum Gasteiger partial charge on any atom is 0.253 e. The van der Waals surface area contributed by atoms with Crippen LogP contribution in [0.1, 0.15) is 28.4 Å². The predicted molar refractivity (Wildman–Crippen MR) is 75.2 cm³/mol. The fraction of sp³-hybridized carbons (Fsp3) is 0.533. The predicted octanol–water partition coefficient (Wildman–Crippen LogP) is 1.37. The van der Waals surface area contributed by atoms with Crippen LogP contribution in [0.25, 0.3) is 0 Å². The first kappa shape index (κ1) is 15.7. The molecule has 0 spiro atoms. The third kappa shape index (κ3) is 4.04. The summed E-state index contributed by atoms with van der Waals surface area (Å²) >= 11 is 0. The van der Waals surface area contributed by atoms with Crippen molar-refractivity contribution in [2.45, 2.75) is 20.8 Å². The summed E-state index contributed by atoms with van der Waals surface area (Å²) in [6.45, 7) is 5.65. The third-order valence-corrected chi connectivity index (χ3v) is 3.20. The first-order valence-electron chi connectivity index (χ1n) is 6.37. The fourth-order valence-corrected chi connectivity index (χ4v) is 2.11. The molecule has 1 amide bonds. The molecule has 0 aromatic heterocycles. The smallest absolute Gasteiger partial charge is 0.253 e. The van der Waals surface area contributed by atoms with Crippen LogP contribution in [0.4, 0.5) is 0 Å². The Morgan fingerprint density at radius 1 is 1.16 bits per heavy atom. The molecule has 106 valence electrons. The Kier molecular flexibility index (Phi) is 5.09. The van der Waals surface area contributed by atoms with E-state index in [9.17, 15) is 15.0 Å². The van der Waals surface area contributed by atoms with E-state index in [1.807, 2.05) is 32.0 Å². The largest absolute Gasteiger partial charge is 0.396 e. The zero-order chi connectivity index (χ0) is 14.6. The van der Waals surface area contributed by atoms with Crippen molar-refractivity contribution in [3.8, 4) is 0 Å². The summed E-state index contributed by atoms with van der Waals surface area (Å²) in [5.74, 6) is -0.0973. The molecule has 2 N–H and O–H groups in total. The second-order valence-electron chi connectivity index (χ2n) is 5.66. The van der Waals surface area contributed by atoms with Crippen molar-refractivity contribution < 1.29 is 15.0 Å². The van der Waals surface area contributed by atoms with Gasteiger partial charge < -0.3 is 15.1 Å². The molecule has 0 unspecified atom stereocenters. The molecular formula is C15H23NO3. The molecule has 0 saturated carbocycles. The summed E-state index contributed by atoms with van der Waals surface area (Å²) in [6.07, 6.45) is 0. The monoisotopic (exact) mass is 265 g/mol. The van der Waals surface area contributed by atoms with Gasteiger partial charge in [0, 0.05) is 24.6 Å². The van der Waals surface area contributed by atoms with E-state index in [2.05, 4.69) is 0 Å². The highest BCUT2D eigenvalue weighted by Crippen LogP contribution is 2.18. The van der Waals surface area contributed by atoms with Gasteiger partial charge in [-0.25, -0.2) is 0 Å². The zero-order valence-corrected chi connectivity index (χ0v) is 12.1. The van der Waals surface area contributed by atoms with Gasteiger partial charge in [-0.15, -0.1) is 0 Å². The second kappa shape index (κ2) is 6.17. The normalized spacial score (nSPS) is 11.5. The number of aliphatic hydroxyl groups is 2. The van der Waals surface area contributed by atoms with Crippen molar-refractivity contribution >= 4 is 5.91 Å². The van der Waals surface area contributed by atoms with Crippen LogP contribution < -0.4 is 0 Å². The van der Waals surface area contributed by atoms with Crippen molar-refractivity contribution in [1.82, 2.24) is 4.90 Å². The maximum absolute atomic E-state index is 12.3. The Hall–Kier alpha value is -1.39. The molecule has 0 atom stereocenters. The van der Waals surface area contributed by atoms with Gasteiger partial charge in [0.15, 0.2) is 0 Å². The molecule has 1 aromatic carbocycles. The lowest BCUT2D eigenvalue weighted by atomic mass is 9.92. The third-order valence-electron chi connectivity index (χ3n) is 3.20. The van der Waals surface area contributed by atoms with E-state index >= 15 is 0 Å². The number of benzene rings is 1. The standard InChI is InChI=1S/C15H23NO3/c1-11-5-12(2)7-13(6-11)14(19)16(4)8-15(3,9-17)10-18/h5-7,17-18H,8-10H2,1-4H3. The van der Waals surface area contributed by atoms with Crippen molar-refractivity contribution in [2.24, 2.45) is 5.41 Å². The minimum Gasteiger partial charge on any atom is -0.396 e. The molecule has 1 rings (SSSR count). The van der Waals surface area contributed by atoms with E-state index in [-0.39, 0.29) is 19.1 Å².